The second-order valence-corrected chi connectivity index (χ2v) is 6.29. The van der Waals surface area contributed by atoms with E-state index >= 15 is 0 Å². The van der Waals surface area contributed by atoms with Crippen LogP contribution in [0.3, 0.4) is 0 Å². The summed E-state index contributed by atoms with van der Waals surface area (Å²) in [7, 11) is 0. The highest BCUT2D eigenvalue weighted by molar-refractivity contribution is 5.92. The summed E-state index contributed by atoms with van der Waals surface area (Å²) in [6.45, 7) is 3.22. The van der Waals surface area contributed by atoms with Gasteiger partial charge in [0.05, 0.1) is 18.0 Å². The molecule has 7 nitrogen and oxygen atoms in total. The van der Waals surface area contributed by atoms with E-state index in [9.17, 15) is 22.8 Å². The Kier molecular flexibility index (Phi) is 5.48. The first kappa shape index (κ1) is 19.6. The lowest BCUT2D eigenvalue weighted by Crippen LogP contribution is -2.50. The molecule has 2 amide bonds. The van der Waals surface area contributed by atoms with Crippen LogP contribution in [0.5, 0.6) is 0 Å². The maximum atomic E-state index is 12.8. The molecule has 10 heteroatoms. The molecule has 0 bridgehead atoms. The SMILES string of the molecule is CC(=O)N1CCN(C(=O)c2cnc(Nc3cccc(C(F)(F)F)c3)cn2)CC1. The fourth-order valence-corrected chi connectivity index (χ4v) is 2.81. The van der Waals surface area contributed by atoms with Gasteiger partial charge in [-0.25, -0.2) is 9.97 Å². The van der Waals surface area contributed by atoms with Gasteiger partial charge in [0.25, 0.3) is 5.91 Å². The normalized spacial score (nSPS) is 14.7. The molecule has 28 heavy (non-hydrogen) atoms. The zero-order chi connectivity index (χ0) is 20.3. The lowest BCUT2D eigenvalue weighted by molar-refractivity contribution is -0.137. The number of hydrogen-bond acceptors (Lipinski definition) is 5. The summed E-state index contributed by atoms with van der Waals surface area (Å²) >= 11 is 0. The molecular weight excluding hydrogens is 375 g/mol. The molecule has 2 heterocycles. The number of anilines is 2. The van der Waals surface area contributed by atoms with Gasteiger partial charge in [-0.15, -0.1) is 0 Å². The van der Waals surface area contributed by atoms with E-state index in [1.54, 1.807) is 9.80 Å². The topological polar surface area (TPSA) is 78.4 Å². The van der Waals surface area contributed by atoms with Crippen LogP contribution in [0.4, 0.5) is 24.7 Å². The second-order valence-electron chi connectivity index (χ2n) is 6.29. The highest BCUT2D eigenvalue weighted by atomic mass is 19.4. The molecule has 1 fully saturated rings. The number of nitrogens with zero attached hydrogens (tertiary/aromatic N) is 4. The summed E-state index contributed by atoms with van der Waals surface area (Å²) in [6, 6.07) is 4.71. The van der Waals surface area contributed by atoms with Gasteiger partial charge in [-0.1, -0.05) is 6.07 Å². The molecule has 3 rings (SSSR count). The molecule has 0 radical (unpaired) electrons. The number of benzene rings is 1. The molecule has 1 aliphatic heterocycles. The molecule has 148 valence electrons. The van der Waals surface area contributed by atoms with Crippen molar-refractivity contribution < 1.29 is 22.8 Å². The Morgan fingerprint density at radius 2 is 1.71 bits per heavy atom. The van der Waals surface area contributed by atoms with Crippen LogP contribution in [0.1, 0.15) is 23.0 Å². The molecule has 0 aliphatic carbocycles. The number of nitrogens with one attached hydrogen (secondary N) is 1. The monoisotopic (exact) mass is 393 g/mol. The van der Waals surface area contributed by atoms with Gasteiger partial charge in [0, 0.05) is 38.8 Å². The van der Waals surface area contributed by atoms with Gasteiger partial charge >= 0.3 is 6.18 Å². The average molecular weight is 393 g/mol. The van der Waals surface area contributed by atoms with Crippen molar-refractivity contribution in [3.05, 3.63) is 47.9 Å². The predicted molar refractivity (Wildman–Crippen MR) is 94.9 cm³/mol. The third-order valence-corrected chi connectivity index (χ3v) is 4.35. The van der Waals surface area contributed by atoms with Crippen molar-refractivity contribution in [2.75, 3.05) is 31.5 Å². The number of rotatable bonds is 3. The Labute approximate surface area is 159 Å². The summed E-state index contributed by atoms with van der Waals surface area (Å²) in [5, 5.41) is 2.74. The molecule has 0 atom stereocenters. The van der Waals surface area contributed by atoms with Crippen LogP contribution >= 0.6 is 0 Å². The largest absolute Gasteiger partial charge is 0.416 e. The molecule has 0 saturated carbocycles. The van der Waals surface area contributed by atoms with Crippen molar-refractivity contribution >= 4 is 23.3 Å². The summed E-state index contributed by atoms with van der Waals surface area (Å²) in [4.78, 5) is 35.2. The van der Waals surface area contributed by atoms with Gasteiger partial charge in [0.2, 0.25) is 5.91 Å². The van der Waals surface area contributed by atoms with Crippen LogP contribution in [0.25, 0.3) is 0 Å². The summed E-state index contributed by atoms with van der Waals surface area (Å²) in [5.41, 5.74) is -0.434. The van der Waals surface area contributed by atoms with E-state index in [-0.39, 0.29) is 29.0 Å². The molecule has 1 saturated heterocycles. The fourth-order valence-electron chi connectivity index (χ4n) is 2.81. The van der Waals surface area contributed by atoms with Crippen LogP contribution < -0.4 is 5.32 Å². The van der Waals surface area contributed by atoms with Crippen LogP contribution in [0, 0.1) is 0 Å². The first-order valence-electron chi connectivity index (χ1n) is 8.55. The van der Waals surface area contributed by atoms with Gasteiger partial charge in [0.15, 0.2) is 0 Å². The number of hydrogen-bond donors (Lipinski definition) is 1. The number of piperazine rings is 1. The van der Waals surface area contributed by atoms with E-state index in [0.29, 0.717) is 26.2 Å². The number of halogens is 3. The van der Waals surface area contributed by atoms with Crippen LogP contribution in [-0.4, -0.2) is 57.8 Å². The number of carbonyl (C=O) groups excluding carboxylic acids is 2. The first-order chi connectivity index (χ1) is 13.2. The molecule has 2 aromatic rings. The van der Waals surface area contributed by atoms with E-state index in [1.807, 2.05) is 0 Å². The number of alkyl halides is 3. The molecule has 0 unspecified atom stereocenters. The van der Waals surface area contributed by atoms with E-state index in [0.717, 1.165) is 12.1 Å². The van der Waals surface area contributed by atoms with Gasteiger partial charge < -0.3 is 15.1 Å². The van der Waals surface area contributed by atoms with Crippen LogP contribution in [0.15, 0.2) is 36.7 Å². The van der Waals surface area contributed by atoms with Crippen molar-refractivity contribution in [1.29, 1.82) is 0 Å². The number of carbonyl (C=O) groups is 2. The van der Waals surface area contributed by atoms with E-state index in [4.69, 9.17) is 0 Å². The highest BCUT2D eigenvalue weighted by Gasteiger charge is 2.30. The Balaban J connectivity index is 1.64. The summed E-state index contributed by atoms with van der Waals surface area (Å²) in [5.74, 6) is -0.115. The van der Waals surface area contributed by atoms with Crippen molar-refractivity contribution in [3.63, 3.8) is 0 Å². The van der Waals surface area contributed by atoms with Gasteiger partial charge in [-0.05, 0) is 18.2 Å². The van der Waals surface area contributed by atoms with E-state index < -0.39 is 11.7 Å². The Morgan fingerprint density at radius 1 is 1.04 bits per heavy atom. The highest BCUT2D eigenvalue weighted by Crippen LogP contribution is 2.31. The lowest BCUT2D eigenvalue weighted by Gasteiger charge is -2.33. The van der Waals surface area contributed by atoms with Crippen LogP contribution in [0.2, 0.25) is 0 Å². The maximum absolute atomic E-state index is 12.8. The van der Waals surface area contributed by atoms with Gasteiger partial charge in [0.1, 0.15) is 11.5 Å². The van der Waals surface area contributed by atoms with Crippen molar-refractivity contribution in [2.24, 2.45) is 0 Å². The van der Waals surface area contributed by atoms with Gasteiger partial charge in [-0.3, -0.25) is 9.59 Å². The van der Waals surface area contributed by atoms with Crippen molar-refractivity contribution in [3.8, 4) is 0 Å². The van der Waals surface area contributed by atoms with Crippen LogP contribution in [-0.2, 0) is 11.0 Å². The molecule has 1 aromatic carbocycles. The molecule has 1 aliphatic rings. The van der Waals surface area contributed by atoms with E-state index in [2.05, 4.69) is 15.3 Å². The minimum absolute atomic E-state index is 0.0306. The zero-order valence-corrected chi connectivity index (χ0v) is 15.0. The molecule has 1 aromatic heterocycles. The van der Waals surface area contributed by atoms with E-state index in [1.165, 1.54) is 31.5 Å². The number of amides is 2. The summed E-state index contributed by atoms with van der Waals surface area (Å²) < 4.78 is 38.3. The van der Waals surface area contributed by atoms with Crippen molar-refractivity contribution in [2.45, 2.75) is 13.1 Å². The Bertz CT molecular complexity index is 862. The molecule has 1 N–H and O–H groups in total. The third-order valence-electron chi connectivity index (χ3n) is 4.35. The second kappa shape index (κ2) is 7.83. The average Bonchev–Trinajstić information content (AvgIpc) is 2.68. The maximum Gasteiger partial charge on any atom is 0.416 e. The standard InChI is InChI=1S/C18H18F3N5O2/c1-12(27)25-5-7-26(8-6-25)17(28)15-10-23-16(11-22-15)24-14-4-2-3-13(9-14)18(19,20)21/h2-4,9-11H,5-8H2,1H3,(H,23,24). The Hall–Kier alpha value is -3.17. The lowest BCUT2D eigenvalue weighted by atomic mass is 10.2. The number of aromatic nitrogens is 2. The zero-order valence-electron chi connectivity index (χ0n) is 15.0. The minimum atomic E-state index is -4.44. The Morgan fingerprint density at radius 3 is 2.29 bits per heavy atom. The fraction of sp³-hybridized carbons (Fsp3) is 0.333. The third kappa shape index (κ3) is 4.56. The molecular formula is C18H18F3N5O2. The van der Waals surface area contributed by atoms with Gasteiger partial charge in [-0.2, -0.15) is 13.2 Å². The molecule has 0 spiro atoms. The predicted octanol–water partition coefficient (Wildman–Crippen LogP) is 2.54. The summed E-state index contributed by atoms with van der Waals surface area (Å²) in [6.07, 6.45) is -1.87. The quantitative estimate of drug-likeness (QED) is 0.867. The van der Waals surface area contributed by atoms with Crippen molar-refractivity contribution in [1.82, 2.24) is 19.8 Å². The smallest absolute Gasteiger partial charge is 0.339 e. The first-order valence-corrected chi connectivity index (χ1v) is 8.55. The minimum Gasteiger partial charge on any atom is -0.339 e.